The summed E-state index contributed by atoms with van der Waals surface area (Å²) in [6.45, 7) is 5.64. The Kier molecular flexibility index (Phi) is 6.04. The van der Waals surface area contributed by atoms with Crippen molar-refractivity contribution >= 4 is 15.9 Å². The standard InChI is InChI=1S/C14H24BrN3O2/c1-16(9-13-7-12(15)8-17(13)2)10-14(19)11-18-3-5-20-6-4-18/h7-8,14,19H,3-6,9-11H2,1-2H3. The van der Waals surface area contributed by atoms with Gasteiger partial charge >= 0.3 is 0 Å². The van der Waals surface area contributed by atoms with Gasteiger partial charge in [0.05, 0.1) is 19.3 Å². The first-order valence-corrected chi connectivity index (χ1v) is 7.81. The summed E-state index contributed by atoms with van der Waals surface area (Å²) in [6.07, 6.45) is 1.73. The summed E-state index contributed by atoms with van der Waals surface area (Å²) in [5, 5.41) is 10.2. The summed E-state index contributed by atoms with van der Waals surface area (Å²) in [7, 11) is 4.08. The molecule has 1 N–H and O–H groups in total. The van der Waals surface area contributed by atoms with E-state index >= 15 is 0 Å². The molecule has 1 saturated heterocycles. The predicted molar refractivity (Wildman–Crippen MR) is 82.7 cm³/mol. The molecule has 1 atom stereocenters. The number of aliphatic hydroxyl groups excluding tert-OH is 1. The van der Waals surface area contributed by atoms with Gasteiger partial charge < -0.3 is 14.4 Å². The van der Waals surface area contributed by atoms with Crippen LogP contribution in [-0.4, -0.2) is 72.0 Å². The third-order valence-electron chi connectivity index (χ3n) is 3.60. The highest BCUT2D eigenvalue weighted by Gasteiger charge is 2.16. The fourth-order valence-corrected chi connectivity index (χ4v) is 3.14. The van der Waals surface area contributed by atoms with Crippen LogP contribution in [0.15, 0.2) is 16.7 Å². The van der Waals surface area contributed by atoms with E-state index in [-0.39, 0.29) is 6.10 Å². The summed E-state index contributed by atoms with van der Waals surface area (Å²) in [5.41, 5.74) is 1.23. The minimum atomic E-state index is -0.318. The zero-order chi connectivity index (χ0) is 14.5. The Balaban J connectivity index is 1.75. The van der Waals surface area contributed by atoms with Gasteiger partial charge in [0, 0.05) is 56.1 Å². The molecule has 0 amide bonds. The summed E-state index contributed by atoms with van der Waals surface area (Å²) in [4.78, 5) is 4.42. The molecule has 0 spiro atoms. The van der Waals surface area contributed by atoms with Crippen molar-refractivity contribution in [2.45, 2.75) is 12.6 Å². The van der Waals surface area contributed by atoms with E-state index in [9.17, 15) is 5.11 Å². The molecular formula is C14H24BrN3O2. The molecule has 0 bridgehead atoms. The van der Waals surface area contributed by atoms with Crippen molar-refractivity contribution in [3.8, 4) is 0 Å². The lowest BCUT2D eigenvalue weighted by Gasteiger charge is -2.30. The van der Waals surface area contributed by atoms with Crippen LogP contribution in [0, 0.1) is 0 Å². The summed E-state index contributed by atoms with van der Waals surface area (Å²) in [5.74, 6) is 0. The first-order chi connectivity index (χ1) is 9.54. The Morgan fingerprint density at radius 3 is 2.75 bits per heavy atom. The second-order valence-corrected chi connectivity index (χ2v) is 6.44. The van der Waals surface area contributed by atoms with Gasteiger partial charge in [-0.3, -0.25) is 9.80 Å². The zero-order valence-electron chi connectivity index (χ0n) is 12.3. The molecule has 0 aromatic carbocycles. The number of halogens is 1. The van der Waals surface area contributed by atoms with Crippen molar-refractivity contribution in [2.24, 2.45) is 7.05 Å². The van der Waals surface area contributed by atoms with E-state index < -0.39 is 0 Å². The van der Waals surface area contributed by atoms with E-state index in [1.807, 2.05) is 20.3 Å². The van der Waals surface area contributed by atoms with Gasteiger partial charge in [0.2, 0.25) is 0 Å². The minimum absolute atomic E-state index is 0.318. The Hall–Kier alpha value is -0.400. The molecule has 0 radical (unpaired) electrons. The third kappa shape index (κ3) is 4.86. The number of aliphatic hydroxyl groups is 1. The van der Waals surface area contributed by atoms with Crippen LogP contribution in [0.2, 0.25) is 0 Å². The molecule has 0 aliphatic carbocycles. The lowest BCUT2D eigenvalue weighted by Crippen LogP contribution is -2.44. The maximum atomic E-state index is 10.2. The topological polar surface area (TPSA) is 40.9 Å². The van der Waals surface area contributed by atoms with E-state index in [0.717, 1.165) is 43.9 Å². The highest BCUT2D eigenvalue weighted by atomic mass is 79.9. The van der Waals surface area contributed by atoms with E-state index in [1.54, 1.807) is 0 Å². The number of aryl methyl sites for hydroxylation is 1. The van der Waals surface area contributed by atoms with Crippen LogP contribution in [0.5, 0.6) is 0 Å². The quantitative estimate of drug-likeness (QED) is 0.832. The fraction of sp³-hybridized carbons (Fsp3) is 0.714. The SMILES string of the molecule is CN(Cc1cc(Br)cn1C)CC(O)CN1CCOCC1. The smallest absolute Gasteiger partial charge is 0.0793 e. The lowest BCUT2D eigenvalue weighted by atomic mass is 10.2. The largest absolute Gasteiger partial charge is 0.390 e. The number of morpholine rings is 1. The minimum Gasteiger partial charge on any atom is -0.390 e. The normalized spacial score (nSPS) is 18.6. The van der Waals surface area contributed by atoms with Gasteiger partial charge in [-0.1, -0.05) is 0 Å². The Labute approximate surface area is 129 Å². The molecule has 1 aliphatic heterocycles. The molecule has 1 unspecified atom stereocenters. The average molecular weight is 346 g/mol. The first kappa shape index (κ1) is 16.0. The molecule has 5 nitrogen and oxygen atoms in total. The zero-order valence-corrected chi connectivity index (χ0v) is 13.8. The molecule has 1 aromatic rings. The van der Waals surface area contributed by atoms with Gasteiger partial charge in [0.15, 0.2) is 0 Å². The van der Waals surface area contributed by atoms with Crippen molar-refractivity contribution in [3.05, 3.63) is 22.4 Å². The van der Waals surface area contributed by atoms with Crippen LogP contribution < -0.4 is 0 Å². The molecular weight excluding hydrogens is 322 g/mol. The van der Waals surface area contributed by atoms with Crippen LogP contribution in [0.3, 0.4) is 0 Å². The molecule has 6 heteroatoms. The van der Waals surface area contributed by atoms with E-state index in [4.69, 9.17) is 4.74 Å². The van der Waals surface area contributed by atoms with Crippen molar-refractivity contribution in [2.75, 3.05) is 46.4 Å². The molecule has 20 heavy (non-hydrogen) atoms. The molecule has 0 saturated carbocycles. The number of likely N-dealkylation sites (N-methyl/N-ethyl adjacent to an activating group) is 1. The number of rotatable bonds is 6. The number of aromatic nitrogens is 1. The number of nitrogens with zero attached hydrogens (tertiary/aromatic N) is 3. The summed E-state index contributed by atoms with van der Waals surface area (Å²) in [6, 6.07) is 2.12. The highest BCUT2D eigenvalue weighted by Crippen LogP contribution is 2.15. The van der Waals surface area contributed by atoms with Crippen LogP contribution in [0.1, 0.15) is 5.69 Å². The lowest BCUT2D eigenvalue weighted by molar-refractivity contribution is 0.00814. The van der Waals surface area contributed by atoms with Gasteiger partial charge in [-0.2, -0.15) is 0 Å². The second-order valence-electron chi connectivity index (χ2n) is 5.52. The molecule has 2 heterocycles. The number of β-amino-alcohol motifs (C(OH)–C–C–N with tert-alkyl or cyclic N) is 1. The monoisotopic (exact) mass is 345 g/mol. The predicted octanol–water partition coefficient (Wildman–Crippen LogP) is 0.913. The van der Waals surface area contributed by atoms with E-state index in [2.05, 4.69) is 36.4 Å². The molecule has 2 rings (SSSR count). The summed E-state index contributed by atoms with van der Waals surface area (Å²) < 4.78 is 8.52. The summed E-state index contributed by atoms with van der Waals surface area (Å²) >= 11 is 3.48. The van der Waals surface area contributed by atoms with Gasteiger partial charge in [0.25, 0.3) is 0 Å². The number of hydrogen-bond acceptors (Lipinski definition) is 4. The van der Waals surface area contributed by atoms with Crippen molar-refractivity contribution in [1.82, 2.24) is 14.4 Å². The Morgan fingerprint density at radius 2 is 2.15 bits per heavy atom. The maximum absolute atomic E-state index is 10.2. The van der Waals surface area contributed by atoms with Gasteiger partial charge in [0.1, 0.15) is 0 Å². The average Bonchev–Trinajstić information content (AvgIpc) is 2.68. The first-order valence-electron chi connectivity index (χ1n) is 7.02. The van der Waals surface area contributed by atoms with E-state index in [1.165, 1.54) is 5.69 Å². The van der Waals surface area contributed by atoms with Crippen molar-refractivity contribution < 1.29 is 9.84 Å². The van der Waals surface area contributed by atoms with Crippen LogP contribution >= 0.6 is 15.9 Å². The Bertz CT molecular complexity index is 419. The number of hydrogen-bond donors (Lipinski definition) is 1. The highest BCUT2D eigenvalue weighted by molar-refractivity contribution is 9.10. The molecule has 114 valence electrons. The third-order valence-corrected chi connectivity index (χ3v) is 4.04. The maximum Gasteiger partial charge on any atom is 0.0793 e. The van der Waals surface area contributed by atoms with Crippen molar-refractivity contribution in [3.63, 3.8) is 0 Å². The Morgan fingerprint density at radius 1 is 1.45 bits per heavy atom. The van der Waals surface area contributed by atoms with Gasteiger partial charge in [-0.05, 0) is 29.0 Å². The second kappa shape index (κ2) is 7.56. The van der Waals surface area contributed by atoms with E-state index in [0.29, 0.717) is 6.54 Å². The fourth-order valence-electron chi connectivity index (χ4n) is 2.56. The molecule has 1 fully saturated rings. The van der Waals surface area contributed by atoms with Crippen LogP contribution in [0.4, 0.5) is 0 Å². The molecule has 1 aromatic heterocycles. The van der Waals surface area contributed by atoms with Gasteiger partial charge in [-0.15, -0.1) is 0 Å². The number of ether oxygens (including phenoxy) is 1. The molecule has 1 aliphatic rings. The van der Waals surface area contributed by atoms with Crippen molar-refractivity contribution in [1.29, 1.82) is 0 Å². The van der Waals surface area contributed by atoms with Crippen LogP contribution in [0.25, 0.3) is 0 Å². The van der Waals surface area contributed by atoms with Gasteiger partial charge in [-0.25, -0.2) is 0 Å². The van der Waals surface area contributed by atoms with Crippen LogP contribution in [-0.2, 0) is 18.3 Å².